The first-order valence-corrected chi connectivity index (χ1v) is 5.43. The van der Waals surface area contributed by atoms with Crippen LogP contribution in [0.25, 0.3) is 0 Å². The van der Waals surface area contributed by atoms with E-state index < -0.39 is 0 Å². The molecule has 0 spiro atoms. The van der Waals surface area contributed by atoms with Gasteiger partial charge < -0.3 is 10.6 Å². The van der Waals surface area contributed by atoms with Gasteiger partial charge in [0, 0.05) is 18.1 Å². The monoisotopic (exact) mass is 198 g/mol. The van der Waals surface area contributed by atoms with Crippen LogP contribution in [0.1, 0.15) is 40.5 Å². The molecule has 1 aliphatic rings. The van der Waals surface area contributed by atoms with Gasteiger partial charge in [-0.05, 0) is 33.6 Å². The molecule has 0 saturated carbocycles. The third-order valence-electron chi connectivity index (χ3n) is 3.35. The van der Waals surface area contributed by atoms with Crippen LogP contribution in [-0.4, -0.2) is 28.9 Å². The Morgan fingerprint density at radius 3 is 2.36 bits per heavy atom. The lowest BCUT2D eigenvalue weighted by molar-refractivity contribution is -0.138. The van der Waals surface area contributed by atoms with E-state index in [4.69, 9.17) is 5.73 Å². The smallest absolute Gasteiger partial charge is 0.227 e. The molecule has 2 unspecified atom stereocenters. The molecule has 1 heterocycles. The number of hydrogen-bond acceptors (Lipinski definition) is 2. The number of carbonyl (C=O) groups is 1. The van der Waals surface area contributed by atoms with E-state index in [1.807, 2.05) is 18.7 Å². The highest BCUT2D eigenvalue weighted by molar-refractivity contribution is 5.80. The van der Waals surface area contributed by atoms with E-state index in [2.05, 4.69) is 13.8 Å². The Morgan fingerprint density at radius 2 is 2.00 bits per heavy atom. The number of hydrogen-bond donors (Lipinski definition) is 1. The van der Waals surface area contributed by atoms with Crippen LogP contribution in [0.3, 0.4) is 0 Å². The summed E-state index contributed by atoms with van der Waals surface area (Å²) in [6.07, 6.45) is 2.22. The summed E-state index contributed by atoms with van der Waals surface area (Å²) in [6, 6.07) is -0.0566. The molecule has 0 aromatic heterocycles. The third kappa shape index (κ3) is 2.08. The Balaban J connectivity index is 2.70. The molecule has 2 atom stereocenters. The van der Waals surface area contributed by atoms with Crippen molar-refractivity contribution < 1.29 is 4.79 Å². The standard InChI is InChI=1S/C11H22N2O/c1-8(9(2)12)10(14)13-7-5-6-11(13,3)4/h8-9H,5-7,12H2,1-4H3. The summed E-state index contributed by atoms with van der Waals surface area (Å²) in [7, 11) is 0. The molecule has 3 heteroatoms. The van der Waals surface area contributed by atoms with Gasteiger partial charge in [0.2, 0.25) is 5.91 Å². The van der Waals surface area contributed by atoms with Crippen molar-refractivity contribution in [3.8, 4) is 0 Å². The Morgan fingerprint density at radius 1 is 1.43 bits per heavy atom. The predicted molar refractivity (Wildman–Crippen MR) is 57.8 cm³/mol. The van der Waals surface area contributed by atoms with E-state index in [-0.39, 0.29) is 23.4 Å². The minimum Gasteiger partial charge on any atom is -0.337 e. The molecule has 1 aliphatic heterocycles. The van der Waals surface area contributed by atoms with Crippen molar-refractivity contribution in [2.24, 2.45) is 11.7 Å². The van der Waals surface area contributed by atoms with Gasteiger partial charge in [0.15, 0.2) is 0 Å². The van der Waals surface area contributed by atoms with Crippen molar-refractivity contribution in [2.45, 2.75) is 52.1 Å². The maximum Gasteiger partial charge on any atom is 0.227 e. The van der Waals surface area contributed by atoms with Crippen LogP contribution in [0.15, 0.2) is 0 Å². The third-order valence-corrected chi connectivity index (χ3v) is 3.35. The van der Waals surface area contributed by atoms with E-state index in [1.165, 1.54) is 0 Å². The molecular formula is C11H22N2O. The minimum absolute atomic E-state index is 0.0280. The second kappa shape index (κ2) is 3.89. The van der Waals surface area contributed by atoms with Gasteiger partial charge in [-0.3, -0.25) is 4.79 Å². The van der Waals surface area contributed by atoms with E-state index in [0.717, 1.165) is 19.4 Å². The van der Waals surface area contributed by atoms with Gasteiger partial charge in [0.25, 0.3) is 0 Å². The fraction of sp³-hybridized carbons (Fsp3) is 0.909. The highest BCUT2D eigenvalue weighted by Crippen LogP contribution is 2.29. The normalized spacial score (nSPS) is 24.8. The number of nitrogens with zero attached hydrogens (tertiary/aromatic N) is 1. The Hall–Kier alpha value is -0.570. The van der Waals surface area contributed by atoms with Gasteiger partial charge in [-0.25, -0.2) is 0 Å². The van der Waals surface area contributed by atoms with Crippen molar-refractivity contribution in [1.29, 1.82) is 0 Å². The molecular weight excluding hydrogens is 176 g/mol. The highest BCUT2D eigenvalue weighted by Gasteiger charge is 2.37. The Kier molecular flexibility index (Phi) is 3.20. The average molecular weight is 198 g/mol. The zero-order valence-electron chi connectivity index (χ0n) is 9.71. The summed E-state index contributed by atoms with van der Waals surface area (Å²) >= 11 is 0. The van der Waals surface area contributed by atoms with Crippen molar-refractivity contribution in [1.82, 2.24) is 4.90 Å². The minimum atomic E-state index is -0.0626. The topological polar surface area (TPSA) is 46.3 Å². The molecule has 0 aliphatic carbocycles. The average Bonchev–Trinajstić information content (AvgIpc) is 2.42. The lowest BCUT2D eigenvalue weighted by Crippen LogP contribution is -2.48. The van der Waals surface area contributed by atoms with Crippen molar-refractivity contribution in [2.75, 3.05) is 6.54 Å². The van der Waals surface area contributed by atoms with Crippen LogP contribution in [0.2, 0.25) is 0 Å². The second-order valence-electron chi connectivity index (χ2n) is 5.05. The molecule has 0 aromatic carbocycles. The van der Waals surface area contributed by atoms with Gasteiger partial charge in [0.05, 0.1) is 5.92 Å². The molecule has 1 fully saturated rings. The Bertz CT molecular complexity index is 223. The summed E-state index contributed by atoms with van der Waals surface area (Å²) < 4.78 is 0. The molecule has 82 valence electrons. The SMILES string of the molecule is CC(N)C(C)C(=O)N1CCCC1(C)C. The molecule has 1 rings (SSSR count). The number of likely N-dealkylation sites (tertiary alicyclic amines) is 1. The van der Waals surface area contributed by atoms with Crippen molar-refractivity contribution in [3.63, 3.8) is 0 Å². The second-order valence-corrected chi connectivity index (χ2v) is 5.05. The first-order chi connectivity index (χ1) is 6.36. The molecule has 2 N–H and O–H groups in total. The van der Waals surface area contributed by atoms with Crippen molar-refractivity contribution >= 4 is 5.91 Å². The summed E-state index contributed by atoms with van der Waals surface area (Å²) in [4.78, 5) is 14.0. The molecule has 1 amide bonds. The van der Waals surface area contributed by atoms with Gasteiger partial charge in [-0.1, -0.05) is 6.92 Å². The van der Waals surface area contributed by atoms with Crippen LogP contribution < -0.4 is 5.73 Å². The maximum atomic E-state index is 12.0. The summed E-state index contributed by atoms with van der Waals surface area (Å²) in [5.74, 6) is 0.148. The predicted octanol–water partition coefficient (Wildman–Crippen LogP) is 1.37. The van der Waals surface area contributed by atoms with Crippen LogP contribution in [-0.2, 0) is 4.79 Å². The molecule has 0 aromatic rings. The van der Waals surface area contributed by atoms with Crippen LogP contribution in [0.5, 0.6) is 0 Å². The lowest BCUT2D eigenvalue weighted by atomic mass is 9.98. The van der Waals surface area contributed by atoms with E-state index in [1.54, 1.807) is 0 Å². The first-order valence-electron chi connectivity index (χ1n) is 5.43. The van der Waals surface area contributed by atoms with Crippen LogP contribution in [0.4, 0.5) is 0 Å². The molecule has 0 radical (unpaired) electrons. The summed E-state index contributed by atoms with van der Waals surface area (Å²) in [6.45, 7) is 8.97. The van der Waals surface area contributed by atoms with Gasteiger partial charge in [0.1, 0.15) is 0 Å². The fourth-order valence-electron chi connectivity index (χ4n) is 1.99. The van der Waals surface area contributed by atoms with E-state index in [0.29, 0.717) is 0 Å². The van der Waals surface area contributed by atoms with Crippen LogP contribution >= 0.6 is 0 Å². The maximum absolute atomic E-state index is 12.0. The van der Waals surface area contributed by atoms with E-state index >= 15 is 0 Å². The zero-order valence-corrected chi connectivity index (χ0v) is 9.71. The number of carbonyl (C=O) groups excluding carboxylic acids is 1. The van der Waals surface area contributed by atoms with Crippen LogP contribution in [0, 0.1) is 5.92 Å². The van der Waals surface area contributed by atoms with E-state index in [9.17, 15) is 4.79 Å². The molecule has 3 nitrogen and oxygen atoms in total. The molecule has 1 saturated heterocycles. The zero-order chi connectivity index (χ0) is 10.9. The highest BCUT2D eigenvalue weighted by atomic mass is 16.2. The number of rotatable bonds is 2. The Labute approximate surface area is 86.6 Å². The summed E-state index contributed by atoms with van der Waals surface area (Å²) in [5.41, 5.74) is 5.77. The van der Waals surface area contributed by atoms with Gasteiger partial charge in [-0.2, -0.15) is 0 Å². The number of amides is 1. The fourth-order valence-corrected chi connectivity index (χ4v) is 1.99. The van der Waals surface area contributed by atoms with Gasteiger partial charge >= 0.3 is 0 Å². The molecule has 14 heavy (non-hydrogen) atoms. The molecule has 0 bridgehead atoms. The quantitative estimate of drug-likeness (QED) is 0.728. The summed E-state index contributed by atoms with van der Waals surface area (Å²) in [5, 5.41) is 0. The first kappa shape index (κ1) is 11.5. The van der Waals surface area contributed by atoms with Crippen molar-refractivity contribution in [3.05, 3.63) is 0 Å². The largest absolute Gasteiger partial charge is 0.337 e. The number of nitrogens with two attached hydrogens (primary N) is 1. The lowest BCUT2D eigenvalue weighted by Gasteiger charge is -2.34. The van der Waals surface area contributed by atoms with Gasteiger partial charge in [-0.15, -0.1) is 0 Å².